The number of piperidine rings is 1. The van der Waals surface area contributed by atoms with Crippen molar-refractivity contribution in [1.29, 1.82) is 0 Å². The highest BCUT2D eigenvalue weighted by Crippen LogP contribution is 2.46. The van der Waals surface area contributed by atoms with Crippen LogP contribution in [0.5, 0.6) is 11.5 Å². The first-order valence-electron chi connectivity index (χ1n) is 12.1. The van der Waals surface area contributed by atoms with E-state index >= 15 is 0 Å². The number of halogens is 1. The molecule has 37 heavy (non-hydrogen) atoms. The molecule has 1 unspecified atom stereocenters. The number of rotatable bonds is 5. The Morgan fingerprint density at radius 2 is 1.97 bits per heavy atom. The van der Waals surface area contributed by atoms with E-state index in [2.05, 4.69) is 20.9 Å². The maximum Gasteiger partial charge on any atom is 0.331 e. The highest BCUT2D eigenvalue weighted by Gasteiger charge is 2.33. The third-order valence-electron chi connectivity index (χ3n) is 6.54. The summed E-state index contributed by atoms with van der Waals surface area (Å²) in [5, 5.41) is 10.1. The molecule has 0 saturated carbocycles. The fourth-order valence-corrected chi connectivity index (χ4v) is 5.81. The molecule has 10 heteroatoms. The molecule has 0 bridgehead atoms. The van der Waals surface area contributed by atoms with Crippen molar-refractivity contribution in [2.24, 2.45) is 0 Å². The van der Waals surface area contributed by atoms with E-state index < -0.39 is 0 Å². The van der Waals surface area contributed by atoms with Crippen LogP contribution in [0.25, 0.3) is 10.2 Å². The number of urea groups is 1. The quantitative estimate of drug-likeness (QED) is 0.316. The number of amides is 3. The van der Waals surface area contributed by atoms with Gasteiger partial charge in [-0.05, 0) is 80.4 Å². The summed E-state index contributed by atoms with van der Waals surface area (Å²) in [6.07, 6.45) is 3.58. The van der Waals surface area contributed by atoms with Crippen LogP contribution in [0.3, 0.4) is 0 Å². The van der Waals surface area contributed by atoms with Crippen LogP contribution in [0.2, 0.25) is 0 Å². The molecule has 4 heterocycles. The SMILES string of the molecule is Cc1cc(Oc2ccc(F)cc2)ccc1N1C(=O)Nc2c(C(=O)NC3CCCNC3)sc3nccc1c23. The van der Waals surface area contributed by atoms with Crippen molar-refractivity contribution in [3.63, 3.8) is 0 Å². The van der Waals surface area contributed by atoms with Crippen molar-refractivity contribution in [1.82, 2.24) is 15.6 Å². The van der Waals surface area contributed by atoms with Gasteiger partial charge in [0.15, 0.2) is 0 Å². The number of pyridine rings is 1. The van der Waals surface area contributed by atoms with Crippen LogP contribution in [0.4, 0.5) is 26.2 Å². The van der Waals surface area contributed by atoms with Crippen molar-refractivity contribution in [2.75, 3.05) is 23.3 Å². The van der Waals surface area contributed by atoms with Crippen LogP contribution in [-0.2, 0) is 0 Å². The summed E-state index contributed by atoms with van der Waals surface area (Å²) in [6.45, 7) is 3.58. The molecule has 0 radical (unpaired) electrons. The van der Waals surface area contributed by atoms with Crippen LogP contribution in [0, 0.1) is 12.7 Å². The van der Waals surface area contributed by atoms with Gasteiger partial charge < -0.3 is 20.7 Å². The number of thiophene rings is 1. The fourth-order valence-electron chi connectivity index (χ4n) is 4.79. The minimum Gasteiger partial charge on any atom is -0.457 e. The van der Waals surface area contributed by atoms with Crippen molar-refractivity contribution >= 4 is 50.6 Å². The highest BCUT2D eigenvalue weighted by atomic mass is 32.1. The largest absolute Gasteiger partial charge is 0.457 e. The Labute approximate surface area is 216 Å². The first-order chi connectivity index (χ1) is 18.0. The Hall–Kier alpha value is -4.02. The van der Waals surface area contributed by atoms with Crippen LogP contribution >= 0.6 is 11.3 Å². The number of carbonyl (C=O) groups excluding carboxylic acids is 2. The predicted molar refractivity (Wildman–Crippen MR) is 142 cm³/mol. The van der Waals surface area contributed by atoms with Crippen molar-refractivity contribution in [3.05, 3.63) is 71.0 Å². The lowest BCUT2D eigenvalue weighted by molar-refractivity contribution is 0.0935. The third-order valence-corrected chi connectivity index (χ3v) is 7.64. The zero-order valence-electron chi connectivity index (χ0n) is 20.0. The number of aromatic nitrogens is 1. The first kappa shape index (κ1) is 23.4. The number of hydrogen-bond acceptors (Lipinski definition) is 6. The van der Waals surface area contributed by atoms with Gasteiger partial charge in [-0.3, -0.25) is 9.69 Å². The lowest BCUT2D eigenvalue weighted by Crippen LogP contribution is -2.45. The first-order valence-corrected chi connectivity index (χ1v) is 12.9. The smallest absolute Gasteiger partial charge is 0.331 e. The molecule has 2 aromatic carbocycles. The molecule has 1 saturated heterocycles. The number of ether oxygens (including phenoxy) is 1. The molecule has 3 N–H and O–H groups in total. The number of nitrogens with one attached hydrogen (secondary N) is 3. The summed E-state index contributed by atoms with van der Waals surface area (Å²) in [5.74, 6) is 0.540. The van der Waals surface area contributed by atoms with E-state index in [-0.39, 0.29) is 23.8 Å². The predicted octanol–water partition coefficient (Wildman–Crippen LogP) is 5.70. The van der Waals surface area contributed by atoms with E-state index in [0.29, 0.717) is 38.3 Å². The zero-order chi connectivity index (χ0) is 25.5. The van der Waals surface area contributed by atoms with Gasteiger partial charge in [0.25, 0.3) is 5.91 Å². The minimum absolute atomic E-state index is 0.0557. The molecule has 2 aromatic heterocycles. The molecular weight excluding hydrogens is 493 g/mol. The lowest BCUT2D eigenvalue weighted by Gasteiger charge is -2.30. The van der Waals surface area contributed by atoms with Gasteiger partial charge in [-0.25, -0.2) is 14.2 Å². The molecule has 8 nitrogen and oxygen atoms in total. The number of carbonyl (C=O) groups is 2. The average molecular weight is 518 g/mol. The van der Waals surface area contributed by atoms with E-state index in [1.807, 2.05) is 13.0 Å². The molecule has 3 amide bonds. The Kier molecular flexibility index (Phi) is 5.97. The Balaban J connectivity index is 1.33. The Bertz CT molecular complexity index is 1510. The Morgan fingerprint density at radius 1 is 1.16 bits per heavy atom. The van der Waals surface area contributed by atoms with Gasteiger partial charge in [0.05, 0.1) is 22.4 Å². The summed E-state index contributed by atoms with van der Waals surface area (Å²) < 4.78 is 19.1. The van der Waals surface area contributed by atoms with Gasteiger partial charge in [-0.2, -0.15) is 0 Å². The molecule has 188 valence electrons. The van der Waals surface area contributed by atoms with Crippen LogP contribution < -0.4 is 25.6 Å². The molecule has 2 aliphatic rings. The Morgan fingerprint density at radius 3 is 2.73 bits per heavy atom. The van der Waals surface area contributed by atoms with Crippen molar-refractivity contribution < 1.29 is 18.7 Å². The van der Waals surface area contributed by atoms with E-state index in [1.165, 1.54) is 23.5 Å². The number of nitrogens with zero attached hydrogens (tertiary/aromatic N) is 2. The average Bonchev–Trinajstić information content (AvgIpc) is 3.27. The monoisotopic (exact) mass is 517 g/mol. The van der Waals surface area contributed by atoms with Crippen LogP contribution in [0.1, 0.15) is 28.1 Å². The van der Waals surface area contributed by atoms with Crippen LogP contribution in [0.15, 0.2) is 54.7 Å². The molecule has 1 atom stereocenters. The summed E-state index contributed by atoms with van der Waals surface area (Å²) in [4.78, 5) is 33.8. The molecule has 6 rings (SSSR count). The number of hydrogen-bond donors (Lipinski definition) is 3. The standard InChI is InChI=1S/C27H24FN5O3S/c1-15-13-19(36-18-6-4-16(28)5-7-18)8-9-20(15)33-21-10-12-30-26-22(21)23(32-27(33)35)24(37-26)25(34)31-17-3-2-11-29-14-17/h4-10,12-13,17,29H,2-3,11,14H2,1H3,(H,31,34)(H,32,35). The fraction of sp³-hybridized carbons (Fsp3) is 0.222. The second-order valence-electron chi connectivity index (χ2n) is 9.10. The molecule has 0 aliphatic carbocycles. The zero-order valence-corrected chi connectivity index (χ0v) is 20.8. The maximum absolute atomic E-state index is 13.4. The summed E-state index contributed by atoms with van der Waals surface area (Å²) >= 11 is 1.28. The molecule has 4 aromatic rings. The lowest BCUT2D eigenvalue weighted by atomic mass is 10.1. The van der Waals surface area contributed by atoms with Gasteiger partial charge in [-0.15, -0.1) is 11.3 Å². The minimum atomic E-state index is -0.359. The number of aryl methyl sites for hydroxylation is 1. The molecular formula is C27H24FN5O3S. The van der Waals surface area contributed by atoms with E-state index in [0.717, 1.165) is 36.9 Å². The third kappa shape index (κ3) is 4.38. The molecule has 0 spiro atoms. The van der Waals surface area contributed by atoms with Gasteiger partial charge in [0, 0.05) is 18.8 Å². The summed E-state index contributed by atoms with van der Waals surface area (Å²) in [7, 11) is 0. The second-order valence-corrected chi connectivity index (χ2v) is 10.1. The normalized spacial score (nSPS) is 17.0. The summed E-state index contributed by atoms with van der Waals surface area (Å²) in [6, 6.07) is 12.7. The van der Waals surface area contributed by atoms with E-state index in [9.17, 15) is 14.0 Å². The number of anilines is 3. The van der Waals surface area contributed by atoms with Gasteiger partial charge in [0.2, 0.25) is 0 Å². The maximum atomic E-state index is 13.4. The van der Waals surface area contributed by atoms with Crippen molar-refractivity contribution in [3.8, 4) is 11.5 Å². The molecule has 1 fully saturated rings. The summed E-state index contributed by atoms with van der Waals surface area (Å²) in [5.41, 5.74) is 2.64. The highest BCUT2D eigenvalue weighted by molar-refractivity contribution is 7.21. The topological polar surface area (TPSA) is 95.6 Å². The van der Waals surface area contributed by atoms with E-state index in [1.54, 1.807) is 41.4 Å². The second kappa shape index (κ2) is 9.45. The van der Waals surface area contributed by atoms with Gasteiger partial charge >= 0.3 is 6.03 Å². The van der Waals surface area contributed by atoms with Crippen molar-refractivity contribution in [2.45, 2.75) is 25.8 Å². The van der Waals surface area contributed by atoms with Gasteiger partial charge in [0.1, 0.15) is 27.0 Å². The van der Waals surface area contributed by atoms with Crippen LogP contribution in [-0.4, -0.2) is 36.1 Å². The van der Waals surface area contributed by atoms with Gasteiger partial charge in [-0.1, -0.05) is 0 Å². The van der Waals surface area contributed by atoms with E-state index in [4.69, 9.17) is 4.74 Å². The number of benzene rings is 2. The molecule has 2 aliphatic heterocycles.